The van der Waals surface area contributed by atoms with Gasteiger partial charge in [-0.25, -0.2) is 14.8 Å². The number of amides is 2. The fourth-order valence-electron chi connectivity index (χ4n) is 6.67. The number of pyridine rings is 1. The Balaban J connectivity index is 1.39. The summed E-state index contributed by atoms with van der Waals surface area (Å²) < 4.78 is 46.9. The standard InChI is InChI=1S/C31H34ClF3N6O4/c1-15-12-22(28(43)38-19-7-6-17(13-18(19)32)31(33,34)35)41-24(15)25(26(42)23-27(41)36-14-16(2)37-23)39-10-11-40(21-9-8-20(21)39)29(44)45-30(3,4)5/h6-7,13-15,20-22H,8-12H2,1-5H3,(H,38,43)/t15-,20-,21-,22-/m0/s1. The normalized spacial score (nSPS) is 23.0. The zero-order chi connectivity index (χ0) is 32.6. The molecule has 2 aromatic heterocycles. The number of aryl methyl sites for hydroxylation is 1. The second-order valence-corrected chi connectivity index (χ2v) is 13.4. The lowest BCUT2D eigenvalue weighted by atomic mass is 9.81. The van der Waals surface area contributed by atoms with Gasteiger partial charge in [-0.15, -0.1) is 0 Å². The van der Waals surface area contributed by atoms with Gasteiger partial charge in [0.2, 0.25) is 11.3 Å². The summed E-state index contributed by atoms with van der Waals surface area (Å²) in [6, 6.07) is 1.66. The van der Waals surface area contributed by atoms with E-state index in [2.05, 4.69) is 20.2 Å². The first-order valence-corrected chi connectivity index (χ1v) is 15.3. The van der Waals surface area contributed by atoms with Crippen LogP contribution >= 0.6 is 11.6 Å². The van der Waals surface area contributed by atoms with Gasteiger partial charge in [-0.3, -0.25) is 9.59 Å². The summed E-state index contributed by atoms with van der Waals surface area (Å²) in [6.07, 6.45) is -1.58. The number of nitrogens with zero attached hydrogens (tertiary/aromatic N) is 5. The summed E-state index contributed by atoms with van der Waals surface area (Å²) in [5.74, 6) is -0.752. The van der Waals surface area contributed by atoms with Crippen molar-refractivity contribution >= 4 is 46.1 Å². The van der Waals surface area contributed by atoms with Crippen LogP contribution in [-0.4, -0.2) is 62.2 Å². The van der Waals surface area contributed by atoms with Crippen LogP contribution in [0.1, 0.15) is 75.9 Å². The van der Waals surface area contributed by atoms with E-state index in [-0.39, 0.29) is 51.4 Å². The number of ether oxygens (including phenoxy) is 1. The Bertz CT molecular complexity index is 1770. The van der Waals surface area contributed by atoms with Crippen LogP contribution in [0, 0.1) is 6.92 Å². The maximum atomic E-state index is 14.2. The first kappa shape index (κ1) is 31.1. The zero-order valence-corrected chi connectivity index (χ0v) is 26.3. The minimum Gasteiger partial charge on any atom is -0.444 e. The van der Waals surface area contributed by atoms with Crippen LogP contribution in [0.2, 0.25) is 5.02 Å². The Morgan fingerprint density at radius 3 is 2.44 bits per heavy atom. The second-order valence-electron chi connectivity index (χ2n) is 13.0. The van der Waals surface area contributed by atoms with Crippen molar-refractivity contribution in [3.8, 4) is 0 Å². The van der Waals surface area contributed by atoms with Crippen molar-refractivity contribution in [3.05, 3.63) is 56.6 Å². The third kappa shape index (κ3) is 5.49. The SMILES string of the molecule is Cc1cnc2c(n1)c(=O)c(N1CCN(C(=O)OC(C)(C)C)[C@H]3CC[C@@H]31)c1n2[C@H](C(=O)Nc2ccc(C(F)(F)F)cc2Cl)C[C@@H]1C. The third-order valence-corrected chi connectivity index (χ3v) is 9.06. The fourth-order valence-corrected chi connectivity index (χ4v) is 6.90. The number of piperazine rings is 1. The molecule has 3 aliphatic rings. The predicted octanol–water partition coefficient (Wildman–Crippen LogP) is 6.05. The quantitative estimate of drug-likeness (QED) is 0.369. The number of nitrogens with one attached hydrogen (secondary N) is 1. The van der Waals surface area contributed by atoms with Crippen LogP contribution in [0.15, 0.2) is 29.2 Å². The molecule has 1 aliphatic carbocycles. The first-order valence-electron chi connectivity index (χ1n) is 14.9. The number of aromatic nitrogens is 3. The van der Waals surface area contributed by atoms with Crippen molar-refractivity contribution in [1.82, 2.24) is 19.4 Å². The maximum Gasteiger partial charge on any atom is 0.416 e. The highest BCUT2D eigenvalue weighted by molar-refractivity contribution is 6.33. The smallest absolute Gasteiger partial charge is 0.416 e. The molecule has 0 unspecified atom stereocenters. The number of halogens is 4. The van der Waals surface area contributed by atoms with Crippen LogP contribution in [0.5, 0.6) is 0 Å². The molecule has 14 heteroatoms. The van der Waals surface area contributed by atoms with E-state index in [1.165, 1.54) is 6.20 Å². The van der Waals surface area contributed by atoms with E-state index in [9.17, 15) is 27.6 Å². The molecule has 1 aromatic carbocycles. The number of fused-ring (bicyclic) bond motifs is 4. The van der Waals surface area contributed by atoms with Crippen molar-refractivity contribution in [2.24, 2.45) is 0 Å². The number of carbonyl (C=O) groups is 2. The molecule has 0 bridgehead atoms. The molecular weight excluding hydrogens is 613 g/mol. The van der Waals surface area contributed by atoms with Crippen molar-refractivity contribution in [1.29, 1.82) is 0 Å². The largest absolute Gasteiger partial charge is 0.444 e. The summed E-state index contributed by atoms with van der Waals surface area (Å²) >= 11 is 6.15. The molecule has 45 heavy (non-hydrogen) atoms. The molecule has 0 radical (unpaired) electrons. The molecule has 3 aromatic rings. The van der Waals surface area contributed by atoms with Crippen LogP contribution in [0.4, 0.5) is 29.3 Å². The van der Waals surface area contributed by atoms with Crippen molar-refractivity contribution in [3.63, 3.8) is 0 Å². The molecular formula is C31H34ClF3N6O4. The lowest BCUT2D eigenvalue weighted by molar-refractivity contribution is -0.137. The Hall–Kier alpha value is -3.87. The molecule has 240 valence electrons. The number of hydrogen-bond donors (Lipinski definition) is 1. The number of alkyl halides is 3. The molecule has 2 aliphatic heterocycles. The van der Waals surface area contributed by atoms with Crippen LogP contribution in [-0.2, 0) is 15.7 Å². The van der Waals surface area contributed by atoms with E-state index in [4.69, 9.17) is 16.3 Å². The highest BCUT2D eigenvalue weighted by Gasteiger charge is 2.49. The number of rotatable bonds is 3. The Morgan fingerprint density at radius 2 is 1.82 bits per heavy atom. The van der Waals surface area contributed by atoms with Gasteiger partial charge in [0.05, 0.1) is 39.9 Å². The number of benzene rings is 1. The molecule has 4 heterocycles. The van der Waals surface area contributed by atoms with Gasteiger partial charge in [0.1, 0.15) is 17.3 Å². The van der Waals surface area contributed by atoms with Crippen molar-refractivity contribution in [2.75, 3.05) is 23.3 Å². The average molecular weight is 647 g/mol. The maximum absolute atomic E-state index is 14.2. The van der Waals surface area contributed by atoms with Crippen molar-refractivity contribution in [2.45, 2.75) is 89.7 Å². The van der Waals surface area contributed by atoms with Gasteiger partial charge in [0, 0.05) is 25.0 Å². The second kappa shape index (κ2) is 10.9. The number of anilines is 2. The van der Waals surface area contributed by atoms with Gasteiger partial charge in [0.15, 0.2) is 11.2 Å². The van der Waals surface area contributed by atoms with Gasteiger partial charge < -0.3 is 24.4 Å². The monoisotopic (exact) mass is 646 g/mol. The molecule has 0 spiro atoms. The highest BCUT2D eigenvalue weighted by atomic mass is 35.5. The fraction of sp³-hybridized carbons (Fsp3) is 0.516. The van der Waals surface area contributed by atoms with E-state index in [0.717, 1.165) is 31.0 Å². The van der Waals surface area contributed by atoms with Crippen LogP contribution < -0.4 is 15.6 Å². The molecule has 1 saturated heterocycles. The highest BCUT2D eigenvalue weighted by Crippen LogP contribution is 2.45. The van der Waals surface area contributed by atoms with Gasteiger partial charge in [0.25, 0.3) is 0 Å². The Kier molecular flexibility index (Phi) is 7.53. The predicted molar refractivity (Wildman–Crippen MR) is 163 cm³/mol. The molecule has 1 N–H and O–H groups in total. The van der Waals surface area contributed by atoms with Crippen molar-refractivity contribution < 1.29 is 27.5 Å². The summed E-state index contributed by atoms with van der Waals surface area (Å²) in [6.45, 7) is 9.86. The van der Waals surface area contributed by atoms with E-state index in [1.807, 2.05) is 27.7 Å². The number of hydrogen-bond acceptors (Lipinski definition) is 7. The minimum atomic E-state index is -4.58. The number of carbonyl (C=O) groups excluding carboxylic acids is 2. The summed E-state index contributed by atoms with van der Waals surface area (Å²) in [5.41, 5.74) is 0.176. The van der Waals surface area contributed by atoms with E-state index >= 15 is 0 Å². The Morgan fingerprint density at radius 1 is 1.11 bits per heavy atom. The summed E-state index contributed by atoms with van der Waals surface area (Å²) in [7, 11) is 0. The van der Waals surface area contributed by atoms with E-state index in [1.54, 1.807) is 16.4 Å². The topological polar surface area (TPSA) is 110 Å². The van der Waals surface area contributed by atoms with Gasteiger partial charge in [-0.1, -0.05) is 18.5 Å². The third-order valence-electron chi connectivity index (χ3n) is 8.75. The zero-order valence-electron chi connectivity index (χ0n) is 25.5. The minimum absolute atomic E-state index is 0.0406. The molecule has 10 nitrogen and oxygen atoms in total. The molecule has 4 atom stereocenters. The van der Waals surface area contributed by atoms with Gasteiger partial charge in [-0.2, -0.15) is 13.2 Å². The lowest BCUT2D eigenvalue weighted by Crippen LogP contribution is -2.67. The molecule has 1 saturated carbocycles. The summed E-state index contributed by atoms with van der Waals surface area (Å²) in [5, 5.41) is 2.44. The Labute approximate surface area is 262 Å². The molecule has 2 fully saturated rings. The summed E-state index contributed by atoms with van der Waals surface area (Å²) in [4.78, 5) is 53.9. The molecule has 6 rings (SSSR count). The molecule has 2 amide bonds. The van der Waals surface area contributed by atoms with E-state index < -0.39 is 29.3 Å². The lowest BCUT2D eigenvalue weighted by Gasteiger charge is -2.54. The van der Waals surface area contributed by atoms with Crippen LogP contribution in [0.25, 0.3) is 11.2 Å². The average Bonchev–Trinajstić information content (AvgIpc) is 3.26. The van der Waals surface area contributed by atoms with Gasteiger partial charge in [-0.05, 0) is 65.2 Å². The first-order chi connectivity index (χ1) is 21.0. The van der Waals surface area contributed by atoms with E-state index in [0.29, 0.717) is 36.6 Å². The van der Waals surface area contributed by atoms with Crippen LogP contribution in [0.3, 0.4) is 0 Å². The van der Waals surface area contributed by atoms with Gasteiger partial charge >= 0.3 is 12.3 Å².